The monoisotopic (exact) mass is 472 g/mol. The van der Waals surface area contributed by atoms with Crippen molar-refractivity contribution in [3.63, 3.8) is 0 Å². The number of hydrogen-bond donors (Lipinski definition) is 0. The molecule has 11 heteroatoms. The molecule has 0 amide bonds. The van der Waals surface area contributed by atoms with Gasteiger partial charge in [-0.1, -0.05) is 30.3 Å². The van der Waals surface area contributed by atoms with E-state index in [-0.39, 0.29) is 11.2 Å². The van der Waals surface area contributed by atoms with Crippen molar-refractivity contribution in [3.8, 4) is 0 Å². The van der Waals surface area contributed by atoms with Crippen LogP contribution in [0.5, 0.6) is 0 Å². The van der Waals surface area contributed by atoms with Gasteiger partial charge in [0.15, 0.2) is 11.2 Å². The van der Waals surface area contributed by atoms with Gasteiger partial charge in [-0.2, -0.15) is 4.31 Å². The quantitative estimate of drug-likeness (QED) is 0.495. The summed E-state index contributed by atoms with van der Waals surface area (Å²) in [4.78, 5) is 31.7. The van der Waals surface area contributed by atoms with Crippen molar-refractivity contribution in [1.29, 1.82) is 0 Å². The molecule has 0 N–H and O–H groups in total. The van der Waals surface area contributed by atoms with Crippen LogP contribution in [-0.2, 0) is 30.7 Å². The molecule has 1 aliphatic rings. The van der Waals surface area contributed by atoms with Gasteiger partial charge in [0, 0.05) is 52.2 Å². The van der Waals surface area contributed by atoms with Crippen molar-refractivity contribution in [2.75, 3.05) is 32.7 Å². The number of fused-ring (bicyclic) bond motifs is 1. The summed E-state index contributed by atoms with van der Waals surface area (Å²) in [6.45, 7) is 2.99. The van der Waals surface area contributed by atoms with Gasteiger partial charge in [-0.15, -0.1) is 0 Å². The fourth-order valence-corrected chi connectivity index (χ4v) is 5.24. The first-order valence-corrected chi connectivity index (χ1v) is 12.3. The van der Waals surface area contributed by atoms with E-state index in [9.17, 15) is 18.0 Å². The molecule has 0 unspecified atom stereocenters. The molecule has 0 radical (unpaired) electrons. The lowest BCUT2D eigenvalue weighted by Gasteiger charge is -2.33. The molecule has 3 heterocycles. The van der Waals surface area contributed by atoms with Gasteiger partial charge in [0.05, 0.1) is 6.33 Å². The lowest BCUT2D eigenvalue weighted by molar-refractivity contribution is 0.185. The maximum Gasteiger partial charge on any atom is 0.332 e. The molecule has 0 saturated carbocycles. The Morgan fingerprint density at radius 1 is 1.00 bits per heavy atom. The average molecular weight is 473 g/mol. The second-order valence-corrected chi connectivity index (χ2v) is 10.00. The van der Waals surface area contributed by atoms with Crippen LogP contribution >= 0.6 is 0 Å². The first-order chi connectivity index (χ1) is 15.8. The standard InChI is InChI=1S/C22H28N6O4S/c1-24-17-23-20-19(24)21(29)28(22(30)25(20)2)11-6-10-26-12-14-27(15-13-26)33(31,32)16-9-18-7-4-3-5-8-18/h3-5,7-9,16-17H,6,10-15H2,1-2H3/b16-9+. The third kappa shape index (κ3) is 4.85. The Kier molecular flexibility index (Phi) is 6.63. The molecule has 10 nitrogen and oxygen atoms in total. The summed E-state index contributed by atoms with van der Waals surface area (Å²) in [5, 5.41) is 1.26. The average Bonchev–Trinajstić information content (AvgIpc) is 3.21. The Bertz CT molecular complexity index is 1380. The molecule has 2 aromatic heterocycles. The predicted molar refractivity (Wildman–Crippen MR) is 127 cm³/mol. The fraction of sp³-hybridized carbons (Fsp3) is 0.409. The van der Waals surface area contributed by atoms with Crippen molar-refractivity contribution >= 4 is 27.3 Å². The van der Waals surface area contributed by atoms with Gasteiger partial charge in [-0.3, -0.25) is 13.9 Å². The largest absolute Gasteiger partial charge is 0.332 e. The highest BCUT2D eigenvalue weighted by Crippen LogP contribution is 2.12. The zero-order valence-corrected chi connectivity index (χ0v) is 19.6. The summed E-state index contributed by atoms with van der Waals surface area (Å²) in [5.41, 5.74) is 0.897. The maximum absolute atomic E-state index is 12.8. The number of benzene rings is 1. The summed E-state index contributed by atoms with van der Waals surface area (Å²) in [5.74, 6) is 0. The fourth-order valence-electron chi connectivity index (χ4n) is 4.07. The molecule has 1 aliphatic heterocycles. The van der Waals surface area contributed by atoms with Crippen LogP contribution in [0.2, 0.25) is 0 Å². The Morgan fingerprint density at radius 3 is 2.39 bits per heavy atom. The highest BCUT2D eigenvalue weighted by molar-refractivity contribution is 7.92. The maximum atomic E-state index is 12.8. The minimum atomic E-state index is -3.48. The Balaban J connectivity index is 1.33. The van der Waals surface area contributed by atoms with Gasteiger partial charge in [0.2, 0.25) is 10.0 Å². The van der Waals surface area contributed by atoms with Gasteiger partial charge in [-0.05, 0) is 24.6 Å². The predicted octanol–water partition coefficient (Wildman–Crippen LogP) is 0.442. The van der Waals surface area contributed by atoms with E-state index in [4.69, 9.17) is 0 Å². The molecule has 1 fully saturated rings. The Morgan fingerprint density at radius 2 is 1.70 bits per heavy atom. The normalized spacial score (nSPS) is 16.2. The minimum Gasteiger partial charge on any atom is -0.328 e. The smallest absolute Gasteiger partial charge is 0.328 e. The van der Waals surface area contributed by atoms with Crippen molar-refractivity contribution in [2.45, 2.75) is 13.0 Å². The lowest BCUT2D eigenvalue weighted by Crippen LogP contribution is -2.48. The molecular weight excluding hydrogens is 444 g/mol. The molecule has 1 saturated heterocycles. The molecule has 4 rings (SSSR count). The number of piperazine rings is 1. The van der Waals surface area contributed by atoms with Crippen molar-refractivity contribution in [2.24, 2.45) is 14.1 Å². The molecule has 0 bridgehead atoms. The molecule has 0 spiro atoms. The summed E-state index contributed by atoms with van der Waals surface area (Å²) < 4.78 is 31.0. The van der Waals surface area contributed by atoms with E-state index in [0.717, 1.165) is 5.56 Å². The second-order valence-electron chi connectivity index (χ2n) is 8.18. The summed E-state index contributed by atoms with van der Waals surface area (Å²) in [6.07, 6.45) is 3.75. The number of sulfonamides is 1. The van der Waals surface area contributed by atoms with E-state index in [2.05, 4.69) is 9.88 Å². The topological polar surface area (TPSA) is 102 Å². The zero-order chi connectivity index (χ0) is 23.6. The van der Waals surface area contributed by atoms with Crippen LogP contribution in [0.25, 0.3) is 17.2 Å². The van der Waals surface area contributed by atoms with E-state index in [0.29, 0.717) is 56.9 Å². The lowest BCUT2D eigenvalue weighted by atomic mass is 10.2. The van der Waals surface area contributed by atoms with E-state index in [1.807, 2.05) is 30.3 Å². The first-order valence-electron chi connectivity index (χ1n) is 10.8. The highest BCUT2D eigenvalue weighted by atomic mass is 32.2. The van der Waals surface area contributed by atoms with E-state index in [1.54, 1.807) is 24.7 Å². The molecule has 1 aromatic carbocycles. The molecule has 0 atom stereocenters. The number of nitrogens with zero attached hydrogens (tertiary/aromatic N) is 6. The van der Waals surface area contributed by atoms with Crippen LogP contribution in [-0.4, -0.2) is 69.0 Å². The van der Waals surface area contributed by atoms with Crippen LogP contribution in [0.4, 0.5) is 0 Å². The SMILES string of the molecule is Cn1cnc2c1c(=O)n(CCCN1CCN(S(=O)(=O)/C=C/c3ccccc3)CC1)c(=O)n2C. The van der Waals surface area contributed by atoms with Crippen LogP contribution in [0.1, 0.15) is 12.0 Å². The van der Waals surface area contributed by atoms with Crippen LogP contribution in [0.3, 0.4) is 0 Å². The second kappa shape index (κ2) is 9.46. The van der Waals surface area contributed by atoms with E-state index >= 15 is 0 Å². The highest BCUT2D eigenvalue weighted by Gasteiger charge is 2.25. The minimum absolute atomic E-state index is 0.297. The van der Waals surface area contributed by atoms with Gasteiger partial charge in [-0.25, -0.2) is 18.2 Å². The third-order valence-electron chi connectivity index (χ3n) is 5.98. The van der Waals surface area contributed by atoms with E-state index in [1.165, 1.54) is 25.2 Å². The van der Waals surface area contributed by atoms with Crippen molar-refractivity contribution < 1.29 is 8.42 Å². The Hall–Kier alpha value is -3.02. The number of aromatic nitrogens is 4. The Labute approximate surface area is 192 Å². The number of rotatable bonds is 7. The summed E-state index contributed by atoms with van der Waals surface area (Å²) in [7, 11) is -0.135. The molecule has 0 aliphatic carbocycles. The van der Waals surface area contributed by atoms with Gasteiger partial charge < -0.3 is 9.47 Å². The zero-order valence-electron chi connectivity index (χ0n) is 18.8. The van der Waals surface area contributed by atoms with Crippen molar-refractivity contribution in [3.05, 3.63) is 68.5 Å². The van der Waals surface area contributed by atoms with Gasteiger partial charge >= 0.3 is 5.69 Å². The number of imidazole rings is 1. The molecule has 3 aromatic rings. The van der Waals surface area contributed by atoms with Gasteiger partial charge in [0.1, 0.15) is 0 Å². The molecule has 176 valence electrons. The molecular formula is C22H28N6O4S. The summed E-state index contributed by atoms with van der Waals surface area (Å²) in [6, 6.07) is 9.33. The summed E-state index contributed by atoms with van der Waals surface area (Å²) >= 11 is 0. The number of aryl methyl sites for hydroxylation is 2. The van der Waals surface area contributed by atoms with Gasteiger partial charge in [0.25, 0.3) is 5.56 Å². The third-order valence-corrected chi connectivity index (χ3v) is 7.55. The van der Waals surface area contributed by atoms with Crippen LogP contribution < -0.4 is 11.2 Å². The van der Waals surface area contributed by atoms with Crippen LogP contribution in [0.15, 0.2) is 51.7 Å². The van der Waals surface area contributed by atoms with E-state index < -0.39 is 10.0 Å². The first kappa shape index (κ1) is 23.1. The van der Waals surface area contributed by atoms with Crippen LogP contribution in [0, 0.1) is 0 Å². The van der Waals surface area contributed by atoms with Crippen molar-refractivity contribution in [1.82, 2.24) is 27.9 Å². The number of hydrogen-bond acceptors (Lipinski definition) is 6. The molecule has 33 heavy (non-hydrogen) atoms.